The maximum absolute atomic E-state index is 8.40. The third-order valence-corrected chi connectivity index (χ3v) is 0. The van der Waals surface area contributed by atoms with Crippen LogP contribution in [0, 0.1) is 0 Å². The van der Waals surface area contributed by atoms with Gasteiger partial charge in [0.2, 0.25) is 0 Å². The predicted octanol–water partition coefficient (Wildman–Crippen LogP) is -0.999. The van der Waals surface area contributed by atoms with Gasteiger partial charge in [0.25, 0.3) is 0 Å². The summed E-state index contributed by atoms with van der Waals surface area (Å²) < 4.78 is 16.8. The first-order valence-electron chi connectivity index (χ1n) is 0.408. The molecule has 2 nitrogen and oxygen atoms in total. The Morgan fingerprint density at radius 1 is 1.25 bits per heavy atom. The zero-order valence-electron chi connectivity index (χ0n) is 2.32. The number of hydrogen-bond donors (Lipinski definition) is 0. The predicted molar refractivity (Wildman–Crippen MR) is 12.9 cm³/mol. The van der Waals surface area contributed by atoms with E-state index in [4.69, 9.17) is 8.92 Å². The summed E-state index contributed by atoms with van der Waals surface area (Å²) >= 11 is 0. The Balaban J connectivity index is 0. The molecule has 0 saturated heterocycles. The van der Waals surface area contributed by atoms with Gasteiger partial charge in [0.1, 0.15) is 0 Å². The van der Waals surface area contributed by atoms with Crippen LogP contribution in [0.5, 0.6) is 0 Å². The summed E-state index contributed by atoms with van der Waals surface area (Å²) in [5.74, 6) is 0. The standard InChI is InChI=1S/Na.O2Si/c;1-3-2. The van der Waals surface area contributed by atoms with Gasteiger partial charge in [-0.3, -0.25) is 8.92 Å². The molecule has 0 aliphatic rings. The summed E-state index contributed by atoms with van der Waals surface area (Å²) in [4.78, 5) is 0. The largest absolute Gasteiger partial charge is 0.549 e. The van der Waals surface area contributed by atoms with Gasteiger partial charge in [-0.15, -0.1) is 0 Å². The zero-order valence-corrected chi connectivity index (χ0v) is 5.32. The smallest absolute Gasteiger partial charge is 0.274 e. The van der Waals surface area contributed by atoms with Crippen LogP contribution in [0.15, 0.2) is 0 Å². The second-order valence-electron chi connectivity index (χ2n) is 0.0833. The van der Waals surface area contributed by atoms with E-state index in [9.17, 15) is 0 Å². The molecule has 0 amide bonds. The molecule has 0 heterocycles. The third kappa shape index (κ3) is 13.9. The molecule has 4 heavy (non-hydrogen) atoms. The van der Waals surface area contributed by atoms with Crippen molar-refractivity contribution in [1.82, 2.24) is 0 Å². The second kappa shape index (κ2) is 9.17. The van der Waals surface area contributed by atoms with Crippen molar-refractivity contribution >= 4 is 38.8 Å². The van der Waals surface area contributed by atoms with Crippen molar-refractivity contribution in [3.05, 3.63) is 0 Å². The molecule has 17 valence electrons. The van der Waals surface area contributed by atoms with E-state index in [0.717, 1.165) is 0 Å². The summed E-state index contributed by atoms with van der Waals surface area (Å²) in [7, 11) is -1.42. The van der Waals surface area contributed by atoms with Gasteiger partial charge in [-0.25, -0.2) is 0 Å². The molecule has 0 aliphatic heterocycles. The van der Waals surface area contributed by atoms with Crippen LogP contribution in [0.1, 0.15) is 0 Å². The fraction of sp³-hybridized carbons (Fsp3) is 0. The Morgan fingerprint density at radius 2 is 1.25 bits per heavy atom. The monoisotopic (exact) mass is 83.0 g/mol. The SMILES string of the molecule is O=[Si]=O.[Na]. The Labute approximate surface area is 47.8 Å². The van der Waals surface area contributed by atoms with Crippen molar-refractivity contribution in [2.24, 2.45) is 0 Å². The van der Waals surface area contributed by atoms with Crippen LogP contribution in [0.3, 0.4) is 0 Å². The first kappa shape index (κ1) is 8.84. The molecule has 0 rings (SSSR count). The first-order chi connectivity index (χ1) is 1.41. The molecule has 0 saturated carbocycles. The van der Waals surface area contributed by atoms with Gasteiger partial charge in [-0.1, -0.05) is 0 Å². The Morgan fingerprint density at radius 3 is 1.25 bits per heavy atom. The van der Waals surface area contributed by atoms with E-state index in [1.165, 1.54) is 0 Å². The van der Waals surface area contributed by atoms with Crippen molar-refractivity contribution in [2.75, 3.05) is 0 Å². The van der Waals surface area contributed by atoms with Gasteiger partial charge in [-0.2, -0.15) is 0 Å². The summed E-state index contributed by atoms with van der Waals surface area (Å²) in [5.41, 5.74) is 0. The Bertz CT molecular complexity index is 27.0. The summed E-state index contributed by atoms with van der Waals surface area (Å²) in [6, 6.07) is 0. The van der Waals surface area contributed by atoms with E-state index in [-0.39, 0.29) is 29.6 Å². The molecule has 0 aromatic heterocycles. The molecule has 0 fully saturated rings. The van der Waals surface area contributed by atoms with Gasteiger partial charge >= 0.3 is 9.29 Å². The average Bonchev–Trinajstić information content (AvgIpc) is 0.918. The molecule has 0 spiro atoms. The van der Waals surface area contributed by atoms with Crippen LogP contribution in [-0.2, 0) is 8.92 Å². The van der Waals surface area contributed by atoms with Gasteiger partial charge < -0.3 is 0 Å². The minimum Gasteiger partial charge on any atom is -0.274 e. The molecular formula is NaO2Si. The molecule has 0 aliphatic carbocycles. The van der Waals surface area contributed by atoms with E-state index in [2.05, 4.69) is 0 Å². The molecule has 0 unspecified atom stereocenters. The summed E-state index contributed by atoms with van der Waals surface area (Å²) in [5, 5.41) is 0. The van der Waals surface area contributed by atoms with Gasteiger partial charge in [0, 0.05) is 29.6 Å². The topological polar surface area (TPSA) is 34.1 Å². The quantitative estimate of drug-likeness (QED) is 0.352. The molecule has 0 aromatic carbocycles. The van der Waals surface area contributed by atoms with Gasteiger partial charge in [0.15, 0.2) is 0 Å². The van der Waals surface area contributed by atoms with Crippen LogP contribution in [0.2, 0.25) is 0 Å². The van der Waals surface area contributed by atoms with Crippen molar-refractivity contribution < 1.29 is 8.92 Å². The van der Waals surface area contributed by atoms with E-state index < -0.39 is 9.29 Å². The van der Waals surface area contributed by atoms with Crippen LogP contribution < -0.4 is 0 Å². The van der Waals surface area contributed by atoms with Gasteiger partial charge in [-0.05, 0) is 0 Å². The molecule has 0 atom stereocenters. The van der Waals surface area contributed by atoms with Crippen LogP contribution in [-0.4, -0.2) is 38.8 Å². The minimum absolute atomic E-state index is 0. The average molecular weight is 83.1 g/mol. The third-order valence-electron chi connectivity index (χ3n) is 0. The normalized spacial score (nSPS) is 2.00. The van der Waals surface area contributed by atoms with Crippen LogP contribution in [0.4, 0.5) is 0 Å². The summed E-state index contributed by atoms with van der Waals surface area (Å²) in [6.45, 7) is 0. The van der Waals surface area contributed by atoms with Crippen molar-refractivity contribution in [2.45, 2.75) is 0 Å². The molecule has 1 radical (unpaired) electrons. The minimum atomic E-state index is -1.42. The second-order valence-corrected chi connectivity index (χ2v) is 0.250. The first-order valence-corrected chi connectivity index (χ1v) is 1.22. The van der Waals surface area contributed by atoms with E-state index in [0.29, 0.717) is 0 Å². The maximum Gasteiger partial charge on any atom is 0.549 e. The Hall–Kier alpha value is 0.817. The number of hydrogen-bond acceptors (Lipinski definition) is 2. The fourth-order valence-corrected chi connectivity index (χ4v) is 0. The van der Waals surface area contributed by atoms with Crippen molar-refractivity contribution in [3.8, 4) is 0 Å². The number of rotatable bonds is 0. The van der Waals surface area contributed by atoms with E-state index in [1.54, 1.807) is 0 Å². The van der Waals surface area contributed by atoms with Crippen LogP contribution >= 0.6 is 0 Å². The molecule has 0 N–H and O–H groups in total. The zero-order chi connectivity index (χ0) is 2.71. The van der Waals surface area contributed by atoms with Crippen molar-refractivity contribution in [1.29, 1.82) is 0 Å². The maximum atomic E-state index is 8.40. The summed E-state index contributed by atoms with van der Waals surface area (Å²) in [6.07, 6.45) is 0. The van der Waals surface area contributed by atoms with Crippen molar-refractivity contribution in [3.63, 3.8) is 0 Å². The Kier molecular flexibility index (Phi) is 20.3. The molecular weight excluding hydrogens is 83.1 g/mol. The van der Waals surface area contributed by atoms with E-state index in [1.807, 2.05) is 0 Å². The van der Waals surface area contributed by atoms with Crippen LogP contribution in [0.25, 0.3) is 0 Å². The molecule has 0 bridgehead atoms. The van der Waals surface area contributed by atoms with Gasteiger partial charge in [0.05, 0.1) is 0 Å². The molecule has 4 heteroatoms. The van der Waals surface area contributed by atoms with E-state index >= 15 is 0 Å². The fourth-order valence-electron chi connectivity index (χ4n) is 0. The molecule has 0 aromatic rings.